The topological polar surface area (TPSA) is 29.5 Å². The molecular formula is C15H20ClNO2. The Morgan fingerprint density at radius 2 is 2.37 bits per heavy atom. The highest BCUT2D eigenvalue weighted by atomic mass is 35.5. The number of alkyl halides is 1. The predicted octanol–water partition coefficient (Wildman–Crippen LogP) is 2.92. The summed E-state index contributed by atoms with van der Waals surface area (Å²) >= 11 is 5.81. The molecule has 1 unspecified atom stereocenters. The number of likely N-dealkylation sites (tertiary alicyclic amines) is 1. The molecule has 4 heteroatoms. The number of piperidine rings is 1. The van der Waals surface area contributed by atoms with Crippen LogP contribution in [0, 0.1) is 5.92 Å². The van der Waals surface area contributed by atoms with Crippen molar-refractivity contribution < 1.29 is 9.53 Å². The third-order valence-electron chi connectivity index (χ3n) is 3.54. The van der Waals surface area contributed by atoms with Gasteiger partial charge in [0.15, 0.2) is 0 Å². The minimum absolute atomic E-state index is 0.104. The van der Waals surface area contributed by atoms with Crippen molar-refractivity contribution in [1.29, 1.82) is 0 Å². The highest BCUT2D eigenvalue weighted by molar-refractivity contribution is 6.17. The maximum atomic E-state index is 12.5. The summed E-state index contributed by atoms with van der Waals surface area (Å²) in [5.41, 5.74) is 1.72. The molecule has 1 aromatic rings. The van der Waals surface area contributed by atoms with E-state index in [9.17, 15) is 4.79 Å². The van der Waals surface area contributed by atoms with E-state index >= 15 is 0 Å². The van der Waals surface area contributed by atoms with Gasteiger partial charge >= 0.3 is 0 Å². The van der Waals surface area contributed by atoms with Gasteiger partial charge in [0.25, 0.3) is 5.91 Å². The zero-order chi connectivity index (χ0) is 13.7. The molecule has 1 heterocycles. The second kappa shape index (κ2) is 6.92. The number of benzene rings is 1. The molecule has 1 aromatic carbocycles. The van der Waals surface area contributed by atoms with Crippen molar-refractivity contribution in [3.8, 4) is 0 Å². The van der Waals surface area contributed by atoms with Crippen LogP contribution in [0.3, 0.4) is 0 Å². The van der Waals surface area contributed by atoms with E-state index in [0.717, 1.165) is 43.7 Å². The quantitative estimate of drug-likeness (QED) is 0.794. The minimum Gasteiger partial charge on any atom is -0.384 e. The fourth-order valence-electron chi connectivity index (χ4n) is 2.59. The van der Waals surface area contributed by atoms with Crippen LogP contribution in [0.1, 0.15) is 28.8 Å². The van der Waals surface area contributed by atoms with Crippen molar-refractivity contribution in [2.45, 2.75) is 18.7 Å². The van der Waals surface area contributed by atoms with E-state index in [4.69, 9.17) is 16.3 Å². The number of amides is 1. The number of carbonyl (C=O) groups excluding carboxylic acids is 1. The second-order valence-electron chi connectivity index (χ2n) is 5.05. The molecule has 0 spiro atoms. The maximum Gasteiger partial charge on any atom is 0.253 e. The molecule has 1 saturated heterocycles. The number of hydrogen-bond acceptors (Lipinski definition) is 2. The summed E-state index contributed by atoms with van der Waals surface area (Å²) in [5.74, 6) is 1.000. The Balaban J connectivity index is 2.05. The van der Waals surface area contributed by atoms with E-state index in [0.29, 0.717) is 11.8 Å². The van der Waals surface area contributed by atoms with Gasteiger partial charge in [-0.1, -0.05) is 12.1 Å². The van der Waals surface area contributed by atoms with Crippen LogP contribution in [0.4, 0.5) is 0 Å². The molecule has 0 aliphatic carbocycles. The Hall–Kier alpha value is -1.06. The molecule has 1 fully saturated rings. The third kappa shape index (κ3) is 3.71. The van der Waals surface area contributed by atoms with Gasteiger partial charge in [-0.15, -0.1) is 11.6 Å². The normalized spacial score (nSPS) is 19.5. The first-order valence-corrected chi connectivity index (χ1v) is 7.21. The summed E-state index contributed by atoms with van der Waals surface area (Å²) in [5, 5.41) is 0. The fraction of sp³-hybridized carbons (Fsp3) is 0.533. The van der Waals surface area contributed by atoms with Crippen molar-refractivity contribution in [3.63, 3.8) is 0 Å². The summed E-state index contributed by atoms with van der Waals surface area (Å²) in [7, 11) is 1.71. The zero-order valence-electron chi connectivity index (χ0n) is 11.3. The lowest BCUT2D eigenvalue weighted by atomic mass is 9.98. The average molecular weight is 282 g/mol. The number of hydrogen-bond donors (Lipinski definition) is 0. The summed E-state index contributed by atoms with van der Waals surface area (Å²) in [6.45, 7) is 2.35. The zero-order valence-corrected chi connectivity index (χ0v) is 12.0. The minimum atomic E-state index is 0.104. The van der Waals surface area contributed by atoms with Crippen LogP contribution < -0.4 is 0 Å². The van der Waals surface area contributed by atoms with Gasteiger partial charge in [0.2, 0.25) is 0 Å². The van der Waals surface area contributed by atoms with Crippen LogP contribution >= 0.6 is 11.6 Å². The number of rotatable bonds is 4. The van der Waals surface area contributed by atoms with E-state index in [1.807, 2.05) is 29.2 Å². The molecular weight excluding hydrogens is 262 g/mol. The van der Waals surface area contributed by atoms with E-state index < -0.39 is 0 Å². The van der Waals surface area contributed by atoms with Gasteiger partial charge in [-0.25, -0.2) is 0 Å². The van der Waals surface area contributed by atoms with Gasteiger partial charge < -0.3 is 9.64 Å². The molecule has 3 nitrogen and oxygen atoms in total. The third-order valence-corrected chi connectivity index (χ3v) is 3.85. The molecule has 1 atom stereocenters. The summed E-state index contributed by atoms with van der Waals surface area (Å²) in [6, 6.07) is 7.57. The highest BCUT2D eigenvalue weighted by Crippen LogP contribution is 2.19. The summed E-state index contributed by atoms with van der Waals surface area (Å²) in [4.78, 5) is 14.4. The van der Waals surface area contributed by atoms with Gasteiger partial charge in [0.1, 0.15) is 0 Å². The first kappa shape index (κ1) is 14.4. The van der Waals surface area contributed by atoms with Crippen LogP contribution in [0.2, 0.25) is 0 Å². The van der Waals surface area contributed by atoms with E-state index in [2.05, 4.69) is 0 Å². The van der Waals surface area contributed by atoms with Crippen molar-refractivity contribution in [2.75, 3.05) is 26.8 Å². The number of ether oxygens (including phenoxy) is 1. The molecule has 0 radical (unpaired) electrons. The van der Waals surface area contributed by atoms with Crippen LogP contribution in [-0.4, -0.2) is 37.6 Å². The lowest BCUT2D eigenvalue weighted by Crippen LogP contribution is -2.41. The Morgan fingerprint density at radius 3 is 3.11 bits per heavy atom. The predicted molar refractivity (Wildman–Crippen MR) is 76.5 cm³/mol. The van der Waals surface area contributed by atoms with Crippen molar-refractivity contribution in [2.24, 2.45) is 5.92 Å². The van der Waals surface area contributed by atoms with E-state index in [-0.39, 0.29) is 5.91 Å². The highest BCUT2D eigenvalue weighted by Gasteiger charge is 2.24. The fourth-order valence-corrected chi connectivity index (χ4v) is 2.76. The first-order valence-electron chi connectivity index (χ1n) is 6.67. The summed E-state index contributed by atoms with van der Waals surface area (Å²) < 4.78 is 5.20. The van der Waals surface area contributed by atoms with Gasteiger partial charge in [-0.3, -0.25) is 4.79 Å². The SMILES string of the molecule is COCC1CCCN(C(=O)c2cccc(CCl)c2)C1. The molecule has 2 rings (SSSR count). The Morgan fingerprint density at radius 1 is 1.53 bits per heavy atom. The number of methoxy groups -OCH3 is 1. The van der Waals surface area contributed by atoms with Crippen molar-refractivity contribution >= 4 is 17.5 Å². The number of nitrogens with zero attached hydrogens (tertiary/aromatic N) is 1. The lowest BCUT2D eigenvalue weighted by molar-refractivity contribution is 0.0571. The molecule has 0 bridgehead atoms. The van der Waals surface area contributed by atoms with Crippen molar-refractivity contribution in [1.82, 2.24) is 4.90 Å². The molecule has 1 aliphatic heterocycles. The molecule has 0 saturated carbocycles. The Bertz CT molecular complexity index is 434. The van der Waals surface area contributed by atoms with Gasteiger partial charge in [-0.2, -0.15) is 0 Å². The summed E-state index contributed by atoms with van der Waals surface area (Å²) in [6.07, 6.45) is 2.19. The Labute approximate surface area is 119 Å². The first-order chi connectivity index (χ1) is 9.24. The monoisotopic (exact) mass is 281 g/mol. The number of halogens is 1. The smallest absolute Gasteiger partial charge is 0.253 e. The maximum absolute atomic E-state index is 12.5. The van der Waals surface area contributed by atoms with Crippen LogP contribution in [0.5, 0.6) is 0 Å². The second-order valence-corrected chi connectivity index (χ2v) is 5.32. The van der Waals surface area contributed by atoms with Crippen LogP contribution in [0.15, 0.2) is 24.3 Å². The molecule has 1 aliphatic rings. The van der Waals surface area contributed by atoms with Gasteiger partial charge in [-0.05, 0) is 36.5 Å². The van der Waals surface area contributed by atoms with Gasteiger partial charge in [0, 0.05) is 31.6 Å². The number of carbonyl (C=O) groups is 1. The lowest BCUT2D eigenvalue weighted by Gasteiger charge is -2.32. The van der Waals surface area contributed by atoms with Crippen molar-refractivity contribution in [3.05, 3.63) is 35.4 Å². The molecule has 19 heavy (non-hydrogen) atoms. The van der Waals surface area contributed by atoms with E-state index in [1.54, 1.807) is 7.11 Å². The standard InChI is InChI=1S/C15H20ClNO2/c1-19-11-13-5-3-7-17(10-13)15(18)14-6-2-4-12(8-14)9-16/h2,4,6,8,13H,3,5,7,9-11H2,1H3. The molecule has 1 amide bonds. The van der Waals surface area contributed by atoms with Crippen LogP contribution in [-0.2, 0) is 10.6 Å². The largest absolute Gasteiger partial charge is 0.384 e. The average Bonchev–Trinajstić information content (AvgIpc) is 2.47. The molecule has 0 N–H and O–H groups in total. The Kier molecular flexibility index (Phi) is 5.23. The van der Waals surface area contributed by atoms with Crippen LogP contribution in [0.25, 0.3) is 0 Å². The molecule has 104 valence electrons. The van der Waals surface area contributed by atoms with Gasteiger partial charge in [0.05, 0.1) is 6.61 Å². The molecule has 0 aromatic heterocycles. The van der Waals surface area contributed by atoms with E-state index in [1.165, 1.54) is 0 Å².